The Hall–Kier alpha value is -0.690. The van der Waals surface area contributed by atoms with Gasteiger partial charge >= 0.3 is 0 Å². The van der Waals surface area contributed by atoms with E-state index in [1.54, 1.807) is 0 Å². The van der Waals surface area contributed by atoms with Crippen LogP contribution in [0.1, 0.15) is 245 Å². The van der Waals surface area contributed by atoms with E-state index in [0.29, 0.717) is 12.8 Å². The molecule has 0 aromatic carbocycles. The molecule has 0 spiro atoms. The Kier molecular flexibility index (Phi) is 39.0. The van der Waals surface area contributed by atoms with Crippen molar-refractivity contribution in [3.63, 3.8) is 0 Å². The molecule has 300 valence electrons. The molecule has 0 heterocycles. The van der Waals surface area contributed by atoms with Gasteiger partial charge in [-0.3, -0.25) is 4.79 Å². The van der Waals surface area contributed by atoms with Crippen LogP contribution in [0.4, 0.5) is 0 Å². The predicted octanol–water partition coefficient (Wildman–Crippen LogP) is 11.6. The predicted molar refractivity (Wildman–Crippen MR) is 215 cm³/mol. The van der Waals surface area contributed by atoms with Crippen LogP contribution in [0.2, 0.25) is 0 Å². The van der Waals surface area contributed by atoms with Gasteiger partial charge in [0.2, 0.25) is 5.91 Å². The fraction of sp³-hybridized carbons (Fsp3) is 0.977. The molecule has 0 aromatic heterocycles. The van der Waals surface area contributed by atoms with Crippen LogP contribution < -0.4 is 5.32 Å². The maximum atomic E-state index is 12.5. The number of nitrogens with one attached hydrogen (secondary N) is 1. The van der Waals surface area contributed by atoms with Gasteiger partial charge in [0.25, 0.3) is 0 Å². The van der Waals surface area contributed by atoms with Crippen molar-refractivity contribution in [3.05, 3.63) is 0 Å². The van der Waals surface area contributed by atoms with Crippen molar-refractivity contribution in [2.75, 3.05) is 6.61 Å². The molecule has 0 saturated carbocycles. The summed E-state index contributed by atoms with van der Waals surface area (Å²) in [6, 6.07) is -0.978. The second kappa shape index (κ2) is 39.5. The molecule has 0 aromatic rings. The third kappa shape index (κ3) is 33.2. The van der Waals surface area contributed by atoms with E-state index >= 15 is 0 Å². The van der Waals surface area contributed by atoms with Crippen LogP contribution in [0.15, 0.2) is 0 Å². The number of amides is 1. The zero-order valence-electron chi connectivity index (χ0n) is 33.7. The molecule has 0 aliphatic carbocycles. The average Bonchev–Trinajstić information content (AvgIpc) is 3.12. The molecule has 5 N–H and O–H groups in total. The molecule has 4 atom stereocenters. The SMILES string of the molecule is CCCCCCCCCCCCCCCCCCCCCC(O)C(=O)NC(CO)C(O)C(O)CCCCCCCCCCCCCCCCC. The number of aliphatic hydroxyl groups is 4. The van der Waals surface area contributed by atoms with Gasteiger partial charge in [0.1, 0.15) is 12.2 Å². The van der Waals surface area contributed by atoms with Crippen molar-refractivity contribution in [3.8, 4) is 0 Å². The summed E-state index contributed by atoms with van der Waals surface area (Å²) in [7, 11) is 0. The summed E-state index contributed by atoms with van der Waals surface area (Å²) in [5.74, 6) is -0.579. The molecule has 6 heteroatoms. The van der Waals surface area contributed by atoms with Crippen molar-refractivity contribution < 1.29 is 25.2 Å². The van der Waals surface area contributed by atoms with E-state index in [4.69, 9.17) is 0 Å². The van der Waals surface area contributed by atoms with Crippen LogP contribution in [-0.4, -0.2) is 57.3 Å². The van der Waals surface area contributed by atoms with E-state index in [9.17, 15) is 25.2 Å². The van der Waals surface area contributed by atoms with Crippen molar-refractivity contribution >= 4 is 5.91 Å². The smallest absolute Gasteiger partial charge is 0.249 e. The van der Waals surface area contributed by atoms with E-state index < -0.39 is 36.9 Å². The summed E-state index contributed by atoms with van der Waals surface area (Å²) in [5.41, 5.74) is 0. The highest BCUT2D eigenvalue weighted by atomic mass is 16.3. The number of unbranched alkanes of at least 4 members (excludes halogenated alkanes) is 32. The lowest BCUT2D eigenvalue weighted by atomic mass is 9.99. The Bertz CT molecular complexity index is 677. The first-order valence-electron chi connectivity index (χ1n) is 22.4. The summed E-state index contributed by atoms with van der Waals surface area (Å²) in [6.45, 7) is 4.07. The van der Waals surface area contributed by atoms with Gasteiger partial charge < -0.3 is 25.7 Å². The maximum Gasteiger partial charge on any atom is 0.249 e. The highest BCUT2D eigenvalue weighted by Crippen LogP contribution is 2.17. The first-order valence-corrected chi connectivity index (χ1v) is 22.4. The quantitative estimate of drug-likeness (QED) is 0.0406. The van der Waals surface area contributed by atoms with Crippen LogP contribution in [0.3, 0.4) is 0 Å². The van der Waals surface area contributed by atoms with Crippen LogP contribution in [0.25, 0.3) is 0 Å². The first-order chi connectivity index (χ1) is 24.5. The number of rotatable bonds is 41. The van der Waals surface area contributed by atoms with E-state index in [-0.39, 0.29) is 0 Å². The molecule has 0 fully saturated rings. The average molecular weight is 712 g/mol. The minimum absolute atomic E-state index is 0.376. The molecule has 0 aliphatic rings. The standard InChI is InChI=1S/C44H89NO5/c1-3-5-7-9-11-13-15-17-19-20-21-22-24-26-28-30-32-34-36-38-42(48)44(50)45-40(39-46)43(49)41(47)37-35-33-31-29-27-25-23-18-16-14-12-10-8-6-4-2/h40-43,46-49H,3-39H2,1-2H3,(H,45,50). The Labute approximate surface area is 311 Å². The van der Waals surface area contributed by atoms with Gasteiger partial charge in [-0.25, -0.2) is 0 Å². The van der Waals surface area contributed by atoms with Crippen molar-refractivity contribution in [2.24, 2.45) is 0 Å². The number of hydrogen-bond donors (Lipinski definition) is 5. The molecular formula is C44H89NO5. The Balaban J connectivity index is 3.69. The summed E-state index contributed by atoms with van der Waals surface area (Å²) >= 11 is 0. The third-order valence-corrected chi connectivity index (χ3v) is 10.8. The third-order valence-electron chi connectivity index (χ3n) is 10.8. The Morgan fingerprint density at radius 2 is 0.680 bits per heavy atom. The second-order valence-electron chi connectivity index (χ2n) is 15.8. The van der Waals surface area contributed by atoms with Gasteiger partial charge in [0.05, 0.1) is 18.8 Å². The molecule has 0 radical (unpaired) electrons. The Morgan fingerprint density at radius 1 is 0.420 bits per heavy atom. The van der Waals surface area contributed by atoms with Gasteiger partial charge in [0, 0.05) is 0 Å². The van der Waals surface area contributed by atoms with Gasteiger partial charge in [0.15, 0.2) is 0 Å². The summed E-state index contributed by atoms with van der Waals surface area (Å²) in [6.07, 6.45) is 41.3. The summed E-state index contributed by atoms with van der Waals surface area (Å²) in [5, 5.41) is 43.7. The zero-order chi connectivity index (χ0) is 36.8. The number of carbonyl (C=O) groups is 1. The molecule has 0 bridgehead atoms. The van der Waals surface area contributed by atoms with Crippen molar-refractivity contribution in [2.45, 2.75) is 269 Å². The van der Waals surface area contributed by atoms with Gasteiger partial charge in [-0.05, 0) is 12.8 Å². The second-order valence-corrected chi connectivity index (χ2v) is 15.8. The molecule has 50 heavy (non-hydrogen) atoms. The van der Waals surface area contributed by atoms with Crippen molar-refractivity contribution in [1.29, 1.82) is 0 Å². The summed E-state index contributed by atoms with van der Waals surface area (Å²) in [4.78, 5) is 12.5. The minimum Gasteiger partial charge on any atom is -0.394 e. The highest BCUT2D eigenvalue weighted by molar-refractivity contribution is 5.80. The van der Waals surface area contributed by atoms with E-state index in [1.807, 2.05) is 0 Å². The van der Waals surface area contributed by atoms with E-state index in [2.05, 4.69) is 19.2 Å². The molecule has 0 aliphatic heterocycles. The first kappa shape index (κ1) is 49.3. The lowest BCUT2D eigenvalue weighted by molar-refractivity contribution is -0.132. The van der Waals surface area contributed by atoms with Crippen LogP contribution >= 0.6 is 0 Å². The van der Waals surface area contributed by atoms with Crippen LogP contribution in [0.5, 0.6) is 0 Å². The lowest BCUT2D eigenvalue weighted by Gasteiger charge is -2.27. The molecule has 0 rings (SSSR count). The Morgan fingerprint density at radius 3 is 0.960 bits per heavy atom. The zero-order valence-corrected chi connectivity index (χ0v) is 33.7. The largest absolute Gasteiger partial charge is 0.394 e. The molecule has 0 saturated heterocycles. The van der Waals surface area contributed by atoms with Crippen LogP contribution in [-0.2, 0) is 4.79 Å². The fourth-order valence-electron chi connectivity index (χ4n) is 7.23. The van der Waals surface area contributed by atoms with E-state index in [0.717, 1.165) is 38.5 Å². The monoisotopic (exact) mass is 712 g/mol. The van der Waals surface area contributed by atoms with Gasteiger partial charge in [-0.2, -0.15) is 0 Å². The van der Waals surface area contributed by atoms with E-state index in [1.165, 1.54) is 180 Å². The van der Waals surface area contributed by atoms with Gasteiger partial charge in [-0.1, -0.05) is 232 Å². The molecule has 1 amide bonds. The highest BCUT2D eigenvalue weighted by Gasteiger charge is 2.28. The maximum absolute atomic E-state index is 12.5. The molecule has 6 nitrogen and oxygen atoms in total. The van der Waals surface area contributed by atoms with Crippen molar-refractivity contribution in [1.82, 2.24) is 5.32 Å². The molecule has 4 unspecified atom stereocenters. The minimum atomic E-state index is -1.25. The topological polar surface area (TPSA) is 110 Å². The lowest BCUT2D eigenvalue weighted by Crippen LogP contribution is -2.53. The summed E-state index contributed by atoms with van der Waals surface area (Å²) < 4.78 is 0. The van der Waals surface area contributed by atoms with Crippen LogP contribution in [0, 0.1) is 0 Å². The fourth-order valence-corrected chi connectivity index (χ4v) is 7.23. The number of hydrogen-bond acceptors (Lipinski definition) is 5. The van der Waals surface area contributed by atoms with Gasteiger partial charge in [-0.15, -0.1) is 0 Å². The number of aliphatic hydroxyl groups excluding tert-OH is 4. The number of carbonyl (C=O) groups excluding carboxylic acids is 1. The normalized spacial score (nSPS) is 14.1. The molecular weight excluding hydrogens is 622 g/mol.